The SMILES string of the molecule is CC(C)C(Oc1ccc(Cl)cc1)C(=O)O.CC(Oc1ccc(Br)cc1)C(=O)O.CC(Oc1ccc(F)cc1)C(=O)O.CCC(Oc1ccc(Cl)cc1)C(=O)O.CCCC(Oc1ccc(Cl)cc1)C(=O)O.C[C@H](Oc1ccc(Cl)cc1)C(=O)O. The summed E-state index contributed by atoms with van der Waals surface area (Å²) >= 11 is 26.0. The van der Waals surface area contributed by atoms with Gasteiger partial charge in [-0.1, -0.05) is 96.4 Å². The summed E-state index contributed by atoms with van der Waals surface area (Å²) in [7, 11) is 0. The van der Waals surface area contributed by atoms with Crippen LogP contribution in [0.4, 0.5) is 4.39 Å². The van der Waals surface area contributed by atoms with Crippen molar-refractivity contribution >= 4 is 98.1 Å². The molecule has 6 N–H and O–H groups in total. The Balaban J connectivity index is 0.000000499. The molecule has 0 aromatic heterocycles. The van der Waals surface area contributed by atoms with Gasteiger partial charge in [0.05, 0.1) is 0 Å². The summed E-state index contributed by atoms with van der Waals surface area (Å²) in [6.45, 7) is 11.6. The van der Waals surface area contributed by atoms with E-state index in [1.165, 1.54) is 45.0 Å². The third-order valence-electron chi connectivity index (χ3n) is 10.0. The zero-order valence-corrected chi connectivity index (χ0v) is 50.5. The van der Waals surface area contributed by atoms with Crippen LogP contribution >= 0.6 is 62.3 Å². The van der Waals surface area contributed by atoms with Crippen LogP contribution in [0, 0.1) is 11.7 Å². The van der Waals surface area contributed by atoms with Crippen LogP contribution in [-0.2, 0) is 28.8 Å². The van der Waals surface area contributed by atoms with Gasteiger partial charge in [0.25, 0.3) is 0 Å². The van der Waals surface area contributed by atoms with Crippen LogP contribution in [0.5, 0.6) is 34.5 Å². The van der Waals surface area contributed by atoms with Crippen LogP contribution in [0.3, 0.4) is 0 Å². The van der Waals surface area contributed by atoms with Crippen LogP contribution < -0.4 is 28.4 Å². The molecule has 5 unspecified atom stereocenters. The topological polar surface area (TPSA) is 279 Å². The minimum Gasteiger partial charge on any atom is -0.479 e. The minimum absolute atomic E-state index is 0.0850. The zero-order valence-electron chi connectivity index (χ0n) is 45.9. The van der Waals surface area contributed by atoms with Crippen molar-refractivity contribution in [1.29, 1.82) is 0 Å². The fraction of sp³-hybridized carbons (Fsp3) is 0.288. The van der Waals surface area contributed by atoms with E-state index in [-0.39, 0.29) is 11.7 Å². The lowest BCUT2D eigenvalue weighted by atomic mass is 10.1. The maximum absolute atomic E-state index is 12.4. The summed E-state index contributed by atoms with van der Waals surface area (Å²) in [5.74, 6) is -3.37. The third kappa shape index (κ3) is 32.7. The van der Waals surface area contributed by atoms with Crippen molar-refractivity contribution in [3.8, 4) is 34.5 Å². The molecule has 0 saturated carbocycles. The van der Waals surface area contributed by atoms with Crippen molar-refractivity contribution in [2.24, 2.45) is 5.92 Å². The standard InChI is InChI=1S/2C11H13ClO3.C10H11ClO3.C9H9BrO3.C9H9ClO3.C9H9FO3/c1-7(2)10(11(13)14)15-9-5-3-8(12)4-6-9;1-2-3-10(11(13)14)15-9-6-4-8(12)5-7-9;1-2-9(10(12)13)14-8-5-3-7(11)4-6-8;3*1-6(9(11)12)13-8-4-2-7(10)3-5-8/h3-7,10H,1-2H3,(H,13,14);4-7,10H,2-3H2,1H3,(H,13,14);3-6,9H,2H2,1H3,(H,12,13);3*2-6H,1H3,(H,11,12)/t;;;;6-;/m....0./s1. The molecule has 6 atom stereocenters. The number of benzene rings is 6. The maximum Gasteiger partial charge on any atom is 0.345 e. The maximum atomic E-state index is 12.4. The number of hydrogen-bond acceptors (Lipinski definition) is 12. The lowest BCUT2D eigenvalue weighted by molar-refractivity contribution is -0.147. The fourth-order valence-electron chi connectivity index (χ4n) is 5.59. The van der Waals surface area contributed by atoms with E-state index in [0.29, 0.717) is 67.4 Å². The van der Waals surface area contributed by atoms with Crippen LogP contribution in [-0.4, -0.2) is 103 Å². The predicted molar refractivity (Wildman–Crippen MR) is 316 cm³/mol. The van der Waals surface area contributed by atoms with E-state index >= 15 is 0 Å². The largest absolute Gasteiger partial charge is 0.479 e. The lowest BCUT2D eigenvalue weighted by Gasteiger charge is -2.18. The average molecular weight is 1300 g/mol. The summed E-state index contributed by atoms with van der Waals surface area (Å²) < 4.78 is 44.4. The molecule has 6 aromatic carbocycles. The van der Waals surface area contributed by atoms with Gasteiger partial charge in [-0.3, -0.25) is 0 Å². The Morgan fingerprint density at radius 3 is 0.916 bits per heavy atom. The molecule has 6 aromatic rings. The molecule has 0 amide bonds. The Bertz CT molecular complexity index is 2720. The average Bonchev–Trinajstić information content (AvgIpc) is 3.44. The number of halogens is 6. The monoisotopic (exact) mass is 1300 g/mol. The fourth-order valence-corrected chi connectivity index (χ4v) is 6.36. The van der Waals surface area contributed by atoms with E-state index in [4.69, 9.17) is 105 Å². The second kappa shape index (κ2) is 39.9. The van der Waals surface area contributed by atoms with E-state index in [0.717, 1.165) is 10.9 Å². The molecule has 0 aliphatic carbocycles. The van der Waals surface area contributed by atoms with E-state index in [1.807, 2.05) is 6.92 Å². The summed E-state index contributed by atoms with van der Waals surface area (Å²) in [4.78, 5) is 63.5. The molecule has 0 fully saturated rings. The number of rotatable bonds is 22. The van der Waals surface area contributed by atoms with Crippen molar-refractivity contribution in [3.63, 3.8) is 0 Å². The molecule has 0 radical (unpaired) electrons. The highest BCUT2D eigenvalue weighted by Gasteiger charge is 2.23. The first-order chi connectivity index (χ1) is 39.0. The van der Waals surface area contributed by atoms with Gasteiger partial charge >= 0.3 is 35.8 Å². The van der Waals surface area contributed by atoms with Gasteiger partial charge < -0.3 is 59.1 Å². The number of hydrogen-bond donors (Lipinski definition) is 6. The Labute approximate surface area is 508 Å². The first kappa shape index (κ1) is 73.5. The number of ether oxygens (including phenoxy) is 6. The number of carbonyl (C=O) groups is 6. The van der Waals surface area contributed by atoms with Gasteiger partial charge in [0.15, 0.2) is 36.6 Å². The zero-order chi connectivity index (χ0) is 62.8. The molecule has 24 heteroatoms. The second-order valence-electron chi connectivity index (χ2n) is 17.2. The van der Waals surface area contributed by atoms with Gasteiger partial charge in [0, 0.05) is 30.5 Å². The molecular weight excluding hydrogens is 1240 g/mol. The molecule has 0 spiro atoms. The molecule has 0 aliphatic heterocycles. The quantitative estimate of drug-likeness (QED) is 0.0368. The van der Waals surface area contributed by atoms with Gasteiger partial charge in [-0.05, 0) is 179 Å². The molecule has 450 valence electrons. The Kier molecular flexibility index (Phi) is 35.3. The Morgan fingerprint density at radius 1 is 0.398 bits per heavy atom. The van der Waals surface area contributed by atoms with Crippen LogP contribution in [0.1, 0.15) is 67.7 Å². The predicted octanol–water partition coefficient (Wildman–Crippen LogP) is 14.6. The van der Waals surface area contributed by atoms with Gasteiger partial charge in [-0.15, -0.1) is 0 Å². The third-order valence-corrected chi connectivity index (χ3v) is 11.5. The van der Waals surface area contributed by atoms with Gasteiger partial charge in [-0.25, -0.2) is 33.2 Å². The van der Waals surface area contributed by atoms with Crippen molar-refractivity contribution in [1.82, 2.24) is 0 Å². The van der Waals surface area contributed by atoms with Crippen LogP contribution in [0.25, 0.3) is 0 Å². The van der Waals surface area contributed by atoms with Gasteiger partial charge in [0.2, 0.25) is 0 Å². The highest BCUT2D eigenvalue weighted by atomic mass is 79.9. The van der Waals surface area contributed by atoms with E-state index < -0.39 is 72.4 Å². The second-order valence-corrected chi connectivity index (χ2v) is 19.9. The van der Waals surface area contributed by atoms with Crippen LogP contribution in [0.2, 0.25) is 20.1 Å². The number of aliphatic carboxylic acids is 6. The van der Waals surface area contributed by atoms with E-state index in [2.05, 4.69) is 15.9 Å². The van der Waals surface area contributed by atoms with E-state index in [1.54, 1.807) is 142 Å². The van der Waals surface area contributed by atoms with E-state index in [9.17, 15) is 33.2 Å². The highest BCUT2D eigenvalue weighted by molar-refractivity contribution is 9.10. The summed E-state index contributed by atoms with van der Waals surface area (Å²) in [5.41, 5.74) is 0. The van der Waals surface area contributed by atoms with Gasteiger partial charge in [0.1, 0.15) is 40.3 Å². The summed E-state index contributed by atoms with van der Waals surface area (Å²) in [6, 6.07) is 38.6. The first-order valence-corrected chi connectivity index (χ1v) is 27.3. The Morgan fingerprint density at radius 2 is 0.663 bits per heavy atom. The smallest absolute Gasteiger partial charge is 0.345 e. The highest BCUT2D eigenvalue weighted by Crippen LogP contribution is 2.22. The Hall–Kier alpha value is -7.49. The minimum atomic E-state index is -1.05. The normalized spacial score (nSPS) is 12.2. The first-order valence-electron chi connectivity index (χ1n) is 25.0. The number of carboxylic acids is 6. The van der Waals surface area contributed by atoms with Crippen LogP contribution in [0.15, 0.2) is 150 Å². The summed E-state index contributed by atoms with van der Waals surface area (Å²) in [5, 5.41) is 54.5. The van der Waals surface area contributed by atoms with Crippen molar-refractivity contribution < 1.29 is 92.2 Å². The molecule has 18 nitrogen and oxygen atoms in total. The molecule has 0 aliphatic rings. The molecule has 6 rings (SSSR count). The van der Waals surface area contributed by atoms with Gasteiger partial charge in [-0.2, -0.15) is 0 Å². The number of carboxylic acid groups (broad SMARTS) is 6. The molecule has 0 saturated heterocycles. The van der Waals surface area contributed by atoms with Crippen molar-refractivity contribution in [2.45, 2.75) is 104 Å². The molecular formula is C59H64BrCl4FO18. The lowest BCUT2D eigenvalue weighted by Crippen LogP contribution is -2.32. The molecule has 0 heterocycles. The van der Waals surface area contributed by atoms with Crippen molar-refractivity contribution in [3.05, 3.63) is 176 Å². The van der Waals surface area contributed by atoms with Crippen molar-refractivity contribution in [2.75, 3.05) is 0 Å². The molecule has 0 bridgehead atoms. The molecule has 83 heavy (non-hydrogen) atoms. The summed E-state index contributed by atoms with van der Waals surface area (Å²) in [6.07, 6.45) is -3.30.